The van der Waals surface area contributed by atoms with Gasteiger partial charge in [-0.25, -0.2) is 9.80 Å². The Morgan fingerprint density at radius 1 is 0.233 bits per heavy atom. The van der Waals surface area contributed by atoms with E-state index in [9.17, 15) is 19.2 Å². The number of benzene rings is 9. The van der Waals surface area contributed by atoms with Crippen LogP contribution in [0.15, 0.2) is 194 Å². The minimum atomic E-state index is -0.347. The van der Waals surface area contributed by atoms with Gasteiger partial charge in [0.15, 0.2) is 0 Å². The third-order valence-corrected chi connectivity index (χ3v) is 11.8. The van der Waals surface area contributed by atoms with Crippen molar-refractivity contribution in [3.05, 3.63) is 216 Å². The molecule has 0 N–H and O–H groups in total. The van der Waals surface area contributed by atoms with Crippen LogP contribution in [0.4, 0.5) is 11.4 Å². The Morgan fingerprint density at radius 2 is 0.533 bits per heavy atom. The zero-order valence-corrected chi connectivity index (χ0v) is 32.0. The van der Waals surface area contributed by atoms with Crippen molar-refractivity contribution in [1.29, 1.82) is 0 Å². The second-order valence-electron chi connectivity index (χ2n) is 15.1. The lowest BCUT2D eigenvalue weighted by atomic mass is 9.89. The highest BCUT2D eigenvalue weighted by Crippen LogP contribution is 2.40. The lowest BCUT2D eigenvalue weighted by molar-refractivity contribution is 0.0877. The number of imide groups is 2. The molecule has 9 aromatic carbocycles. The largest absolute Gasteiger partial charge is 0.268 e. The Morgan fingerprint density at radius 3 is 0.883 bits per heavy atom. The first kappa shape index (κ1) is 35.0. The third kappa shape index (κ3) is 5.42. The summed E-state index contributed by atoms with van der Waals surface area (Å²) in [5.74, 6) is -1.39. The highest BCUT2D eigenvalue weighted by molar-refractivity contribution is 6.37. The van der Waals surface area contributed by atoms with Gasteiger partial charge >= 0.3 is 0 Å². The molecule has 9 aromatic rings. The van der Waals surface area contributed by atoms with E-state index >= 15 is 0 Å². The molecule has 2 heterocycles. The van der Waals surface area contributed by atoms with E-state index in [4.69, 9.17) is 0 Å². The fourth-order valence-electron chi connectivity index (χ4n) is 8.86. The Hall–Kier alpha value is -8.22. The molecule has 6 heteroatoms. The van der Waals surface area contributed by atoms with Crippen molar-refractivity contribution < 1.29 is 19.2 Å². The average Bonchev–Trinajstić information content (AvgIpc) is 3.31. The van der Waals surface area contributed by atoms with Crippen LogP contribution >= 0.6 is 0 Å². The van der Waals surface area contributed by atoms with Crippen LogP contribution in [0, 0.1) is 0 Å². The smallest absolute Gasteiger partial charge is 0.265 e. The first-order valence-corrected chi connectivity index (χ1v) is 19.8. The quantitative estimate of drug-likeness (QED) is 0.158. The van der Waals surface area contributed by atoms with Crippen LogP contribution in [0.25, 0.3) is 66.1 Å². The monoisotopic (exact) mass is 772 g/mol. The molecular weight excluding hydrogens is 741 g/mol. The molecule has 0 aromatic heterocycles. The summed E-state index contributed by atoms with van der Waals surface area (Å²) < 4.78 is 0. The molecule has 60 heavy (non-hydrogen) atoms. The van der Waals surface area contributed by atoms with Gasteiger partial charge in [-0.2, -0.15) is 0 Å². The zero-order valence-electron chi connectivity index (χ0n) is 32.0. The van der Waals surface area contributed by atoms with Crippen molar-refractivity contribution in [3.8, 4) is 44.5 Å². The van der Waals surface area contributed by atoms with Gasteiger partial charge in [0, 0.05) is 33.0 Å². The normalized spacial score (nSPS) is 13.4. The maximum Gasteiger partial charge on any atom is 0.265 e. The molecule has 0 saturated heterocycles. The summed E-state index contributed by atoms with van der Waals surface area (Å²) >= 11 is 0. The maximum absolute atomic E-state index is 13.9. The molecule has 2 aliphatic heterocycles. The highest BCUT2D eigenvalue weighted by Gasteiger charge is 2.36. The number of anilines is 2. The number of rotatable bonds is 6. The molecule has 2 aliphatic rings. The Labute approximate surface area is 345 Å². The third-order valence-electron chi connectivity index (χ3n) is 11.8. The minimum absolute atomic E-state index is 0.347. The standard InChI is InChI=1S/C54H32N2O4/c57-51-45-15-7-13-43-41(37-9-3-1-4-10-37)29-31-47(49(43)45)53(59)55(51)39-25-21-35(22-26-39)33-17-19-34(20-18-33)36-23-27-40(28-24-36)56-52(58)46-16-8-14-44-42(38-11-5-2-6-12-38)30-32-48(50(44)46)54(56)60/h1-32H. The van der Waals surface area contributed by atoms with Gasteiger partial charge in [-0.05, 0) is 104 Å². The molecule has 0 aliphatic carbocycles. The number of hydrogen-bond donors (Lipinski definition) is 0. The summed E-state index contributed by atoms with van der Waals surface area (Å²) in [4.78, 5) is 58.3. The molecule has 0 saturated carbocycles. The lowest BCUT2D eigenvalue weighted by Crippen LogP contribution is -2.40. The maximum atomic E-state index is 13.9. The van der Waals surface area contributed by atoms with E-state index < -0.39 is 0 Å². The van der Waals surface area contributed by atoms with Crippen LogP contribution in [0.2, 0.25) is 0 Å². The first-order valence-electron chi connectivity index (χ1n) is 19.8. The van der Waals surface area contributed by atoms with Crippen molar-refractivity contribution in [2.45, 2.75) is 0 Å². The van der Waals surface area contributed by atoms with Gasteiger partial charge in [-0.15, -0.1) is 0 Å². The summed E-state index contributed by atoms with van der Waals surface area (Å²) in [7, 11) is 0. The van der Waals surface area contributed by atoms with Crippen molar-refractivity contribution in [2.75, 3.05) is 9.80 Å². The summed E-state index contributed by atoms with van der Waals surface area (Å²) in [6.45, 7) is 0. The van der Waals surface area contributed by atoms with Gasteiger partial charge < -0.3 is 0 Å². The van der Waals surface area contributed by atoms with E-state index in [1.54, 1.807) is 12.1 Å². The summed E-state index contributed by atoms with van der Waals surface area (Å²) in [6, 6.07) is 61.8. The topological polar surface area (TPSA) is 74.8 Å². The average molecular weight is 773 g/mol. The summed E-state index contributed by atoms with van der Waals surface area (Å²) in [6.07, 6.45) is 0. The van der Waals surface area contributed by atoms with E-state index in [1.165, 1.54) is 9.80 Å². The minimum Gasteiger partial charge on any atom is -0.268 e. The van der Waals surface area contributed by atoms with Gasteiger partial charge in [0.2, 0.25) is 0 Å². The molecule has 0 atom stereocenters. The van der Waals surface area contributed by atoms with Crippen molar-refractivity contribution >= 4 is 56.5 Å². The van der Waals surface area contributed by atoms with Crippen LogP contribution in [0.1, 0.15) is 41.4 Å². The molecule has 0 unspecified atom stereocenters. The van der Waals surface area contributed by atoms with E-state index in [0.717, 1.165) is 55.3 Å². The van der Waals surface area contributed by atoms with Crippen LogP contribution in [0.5, 0.6) is 0 Å². The van der Waals surface area contributed by atoms with Gasteiger partial charge in [0.25, 0.3) is 23.6 Å². The Bertz CT molecular complexity index is 2980. The number of hydrogen-bond acceptors (Lipinski definition) is 4. The number of nitrogens with zero attached hydrogens (tertiary/aromatic N) is 2. The second kappa shape index (κ2) is 13.7. The summed E-state index contributed by atoms with van der Waals surface area (Å²) in [5, 5.41) is 3.13. The van der Waals surface area contributed by atoms with Crippen molar-refractivity contribution in [3.63, 3.8) is 0 Å². The second-order valence-corrected chi connectivity index (χ2v) is 15.1. The Kier molecular flexibility index (Phi) is 8.00. The first-order chi connectivity index (χ1) is 29.4. The predicted molar refractivity (Wildman–Crippen MR) is 238 cm³/mol. The fourth-order valence-corrected chi connectivity index (χ4v) is 8.86. The number of carbonyl (C=O) groups excluding carboxylic acids is 4. The lowest BCUT2D eigenvalue weighted by Gasteiger charge is -2.28. The molecule has 0 spiro atoms. The molecular formula is C54H32N2O4. The van der Waals surface area contributed by atoms with Crippen LogP contribution < -0.4 is 9.80 Å². The number of carbonyl (C=O) groups is 4. The van der Waals surface area contributed by atoms with E-state index in [-0.39, 0.29) is 23.6 Å². The van der Waals surface area contributed by atoms with Crippen LogP contribution in [0.3, 0.4) is 0 Å². The van der Waals surface area contributed by atoms with Crippen molar-refractivity contribution in [2.24, 2.45) is 0 Å². The molecule has 0 bridgehead atoms. The van der Waals surface area contributed by atoms with E-state index in [1.807, 2.05) is 182 Å². The molecule has 4 amide bonds. The summed E-state index contributed by atoms with van der Waals surface area (Å²) in [5.41, 5.74) is 10.8. The van der Waals surface area contributed by atoms with Gasteiger partial charge in [-0.1, -0.05) is 146 Å². The highest BCUT2D eigenvalue weighted by atomic mass is 16.2. The fraction of sp³-hybridized carbons (Fsp3) is 0. The van der Waals surface area contributed by atoms with Crippen molar-refractivity contribution in [1.82, 2.24) is 0 Å². The van der Waals surface area contributed by atoms with E-state index in [2.05, 4.69) is 0 Å². The molecule has 282 valence electrons. The van der Waals surface area contributed by atoms with E-state index in [0.29, 0.717) is 44.4 Å². The van der Waals surface area contributed by atoms with Gasteiger partial charge in [-0.3, -0.25) is 19.2 Å². The van der Waals surface area contributed by atoms with Crippen LogP contribution in [-0.2, 0) is 0 Å². The van der Waals surface area contributed by atoms with Gasteiger partial charge in [0.05, 0.1) is 11.4 Å². The molecule has 0 fully saturated rings. The number of amides is 4. The predicted octanol–water partition coefficient (Wildman–Crippen LogP) is 12.3. The van der Waals surface area contributed by atoms with Gasteiger partial charge in [0.1, 0.15) is 0 Å². The molecule has 6 nitrogen and oxygen atoms in total. The Balaban J connectivity index is 0.827. The molecule has 11 rings (SSSR count). The molecule has 0 radical (unpaired) electrons. The van der Waals surface area contributed by atoms with Crippen LogP contribution in [-0.4, -0.2) is 23.6 Å². The SMILES string of the molecule is O=C1c2cccc3c(-c4ccccc4)ccc(c23)C(=O)N1c1ccc(-c2ccc(-c3ccc(N4C(=O)c5cccc6c(-c7ccccc7)ccc(c56)C4=O)cc3)cc2)cc1. The zero-order chi connectivity index (χ0) is 40.5.